The molecular formula is C13H19N3O2. The first-order valence-corrected chi connectivity index (χ1v) is 6.16. The SMILES string of the molecule is CNC(=O)[C@H]1CN(Cc2cccnc2C)CCO1. The number of carbonyl (C=O) groups is 1. The monoisotopic (exact) mass is 249 g/mol. The van der Waals surface area contributed by atoms with Gasteiger partial charge in [0.2, 0.25) is 5.91 Å². The Morgan fingerprint density at radius 2 is 2.50 bits per heavy atom. The molecule has 0 aliphatic carbocycles. The van der Waals surface area contributed by atoms with Gasteiger partial charge in [-0.05, 0) is 18.6 Å². The molecular weight excluding hydrogens is 230 g/mol. The van der Waals surface area contributed by atoms with E-state index in [0.29, 0.717) is 13.2 Å². The summed E-state index contributed by atoms with van der Waals surface area (Å²) in [6, 6.07) is 4.02. The summed E-state index contributed by atoms with van der Waals surface area (Å²) in [5, 5.41) is 2.63. The third-order valence-electron chi connectivity index (χ3n) is 3.20. The fourth-order valence-electron chi connectivity index (χ4n) is 2.09. The summed E-state index contributed by atoms with van der Waals surface area (Å²) in [5.41, 5.74) is 2.25. The molecule has 0 aromatic carbocycles. The van der Waals surface area contributed by atoms with Crippen molar-refractivity contribution in [2.24, 2.45) is 0 Å². The Labute approximate surface area is 107 Å². The summed E-state index contributed by atoms with van der Waals surface area (Å²) in [7, 11) is 1.63. The molecule has 1 fully saturated rings. The lowest BCUT2D eigenvalue weighted by Gasteiger charge is -2.32. The van der Waals surface area contributed by atoms with E-state index in [1.165, 1.54) is 5.56 Å². The van der Waals surface area contributed by atoms with Crippen molar-refractivity contribution in [2.75, 3.05) is 26.7 Å². The third kappa shape index (κ3) is 3.05. The van der Waals surface area contributed by atoms with Crippen LogP contribution in [0, 0.1) is 6.92 Å². The second kappa shape index (κ2) is 5.93. The molecule has 18 heavy (non-hydrogen) atoms. The Morgan fingerprint density at radius 3 is 3.22 bits per heavy atom. The van der Waals surface area contributed by atoms with Crippen LogP contribution < -0.4 is 5.32 Å². The van der Waals surface area contributed by atoms with Crippen LogP contribution in [0.2, 0.25) is 0 Å². The predicted molar refractivity (Wildman–Crippen MR) is 68.1 cm³/mol. The lowest BCUT2D eigenvalue weighted by Crippen LogP contribution is -2.48. The van der Waals surface area contributed by atoms with E-state index in [1.807, 2.05) is 13.0 Å². The molecule has 98 valence electrons. The molecule has 1 aliphatic rings. The van der Waals surface area contributed by atoms with E-state index in [4.69, 9.17) is 4.74 Å². The zero-order valence-corrected chi connectivity index (χ0v) is 10.8. The number of nitrogens with one attached hydrogen (secondary N) is 1. The summed E-state index contributed by atoms with van der Waals surface area (Å²) >= 11 is 0. The normalized spacial score (nSPS) is 20.7. The van der Waals surface area contributed by atoms with E-state index in [2.05, 4.69) is 21.3 Å². The summed E-state index contributed by atoms with van der Waals surface area (Å²) in [6.07, 6.45) is 1.44. The number of morpholine rings is 1. The molecule has 1 N–H and O–H groups in total. The van der Waals surface area contributed by atoms with Crippen molar-refractivity contribution >= 4 is 5.91 Å². The van der Waals surface area contributed by atoms with Crippen molar-refractivity contribution in [2.45, 2.75) is 19.6 Å². The number of carbonyl (C=O) groups excluding carboxylic acids is 1. The molecule has 1 atom stereocenters. The first kappa shape index (κ1) is 13.0. The number of ether oxygens (including phenoxy) is 1. The smallest absolute Gasteiger partial charge is 0.250 e. The predicted octanol–water partition coefficient (Wildman–Crippen LogP) is 0.337. The first-order chi connectivity index (χ1) is 8.70. The highest BCUT2D eigenvalue weighted by Gasteiger charge is 2.25. The minimum atomic E-state index is -0.360. The average Bonchev–Trinajstić information content (AvgIpc) is 2.41. The summed E-state index contributed by atoms with van der Waals surface area (Å²) in [5.74, 6) is -0.0531. The van der Waals surface area contributed by atoms with E-state index < -0.39 is 0 Å². The summed E-state index contributed by atoms with van der Waals surface area (Å²) in [6.45, 7) is 4.90. The average molecular weight is 249 g/mol. The van der Waals surface area contributed by atoms with Crippen molar-refractivity contribution in [1.82, 2.24) is 15.2 Å². The van der Waals surface area contributed by atoms with Gasteiger partial charge in [-0.15, -0.1) is 0 Å². The number of hydrogen-bond donors (Lipinski definition) is 1. The van der Waals surface area contributed by atoms with E-state index in [-0.39, 0.29) is 12.0 Å². The lowest BCUT2D eigenvalue weighted by molar-refractivity contribution is -0.138. The first-order valence-electron chi connectivity index (χ1n) is 6.16. The summed E-state index contributed by atoms with van der Waals surface area (Å²) < 4.78 is 5.46. The molecule has 2 rings (SSSR count). The van der Waals surface area contributed by atoms with E-state index >= 15 is 0 Å². The van der Waals surface area contributed by atoms with Gasteiger partial charge >= 0.3 is 0 Å². The number of aromatic nitrogens is 1. The molecule has 0 bridgehead atoms. The van der Waals surface area contributed by atoms with Gasteiger partial charge in [0.05, 0.1) is 6.61 Å². The molecule has 1 aliphatic heterocycles. The van der Waals surface area contributed by atoms with Crippen LogP contribution in [0.4, 0.5) is 0 Å². The van der Waals surface area contributed by atoms with Crippen LogP contribution in [0.3, 0.4) is 0 Å². The highest BCUT2D eigenvalue weighted by molar-refractivity contribution is 5.80. The molecule has 1 amide bonds. The number of amides is 1. The van der Waals surface area contributed by atoms with Gasteiger partial charge in [-0.3, -0.25) is 14.7 Å². The maximum Gasteiger partial charge on any atom is 0.250 e. The molecule has 5 nitrogen and oxygen atoms in total. The fourth-order valence-corrected chi connectivity index (χ4v) is 2.09. The van der Waals surface area contributed by atoms with Crippen molar-refractivity contribution < 1.29 is 9.53 Å². The van der Waals surface area contributed by atoms with Gasteiger partial charge in [0.25, 0.3) is 0 Å². The van der Waals surface area contributed by atoms with Crippen molar-refractivity contribution in [3.8, 4) is 0 Å². The number of nitrogens with zero attached hydrogens (tertiary/aromatic N) is 2. The Bertz CT molecular complexity index is 422. The Balaban J connectivity index is 1.98. The minimum Gasteiger partial charge on any atom is -0.366 e. The van der Waals surface area contributed by atoms with E-state index in [9.17, 15) is 4.79 Å². The van der Waals surface area contributed by atoms with Crippen LogP contribution in [0.5, 0.6) is 0 Å². The summed E-state index contributed by atoms with van der Waals surface area (Å²) in [4.78, 5) is 18.1. The molecule has 1 aromatic rings. The fraction of sp³-hybridized carbons (Fsp3) is 0.538. The maximum absolute atomic E-state index is 11.6. The van der Waals surface area contributed by atoms with E-state index in [1.54, 1.807) is 13.2 Å². The second-order valence-corrected chi connectivity index (χ2v) is 4.46. The molecule has 0 saturated carbocycles. The topological polar surface area (TPSA) is 54.5 Å². The Morgan fingerprint density at radius 1 is 1.67 bits per heavy atom. The highest BCUT2D eigenvalue weighted by atomic mass is 16.5. The number of pyridine rings is 1. The van der Waals surface area contributed by atoms with Crippen LogP contribution in [0.25, 0.3) is 0 Å². The van der Waals surface area contributed by atoms with Crippen LogP contribution in [0.15, 0.2) is 18.3 Å². The lowest BCUT2D eigenvalue weighted by atomic mass is 10.1. The standard InChI is InChI=1S/C13H19N3O2/c1-10-11(4-3-5-15-10)8-16-6-7-18-12(9-16)13(17)14-2/h3-5,12H,6-9H2,1-2H3,(H,14,17)/t12-/m1/s1. The number of rotatable bonds is 3. The zero-order valence-electron chi connectivity index (χ0n) is 10.8. The molecule has 2 heterocycles. The van der Waals surface area contributed by atoms with Gasteiger partial charge in [0.1, 0.15) is 6.10 Å². The van der Waals surface area contributed by atoms with Crippen molar-refractivity contribution in [3.05, 3.63) is 29.6 Å². The van der Waals surface area contributed by atoms with Crippen LogP contribution in [-0.2, 0) is 16.1 Å². The van der Waals surface area contributed by atoms with Crippen LogP contribution in [-0.4, -0.2) is 48.6 Å². The molecule has 0 spiro atoms. The van der Waals surface area contributed by atoms with Gasteiger partial charge in [0, 0.05) is 38.6 Å². The maximum atomic E-state index is 11.6. The van der Waals surface area contributed by atoms with Gasteiger partial charge < -0.3 is 10.1 Å². The quantitative estimate of drug-likeness (QED) is 0.839. The van der Waals surface area contributed by atoms with Gasteiger partial charge in [-0.1, -0.05) is 6.07 Å². The largest absolute Gasteiger partial charge is 0.366 e. The van der Waals surface area contributed by atoms with Crippen LogP contribution in [0.1, 0.15) is 11.3 Å². The van der Waals surface area contributed by atoms with Gasteiger partial charge in [0.15, 0.2) is 0 Å². The number of aryl methyl sites for hydroxylation is 1. The van der Waals surface area contributed by atoms with Crippen LogP contribution >= 0.6 is 0 Å². The van der Waals surface area contributed by atoms with Crippen molar-refractivity contribution in [3.63, 3.8) is 0 Å². The zero-order chi connectivity index (χ0) is 13.0. The second-order valence-electron chi connectivity index (χ2n) is 4.46. The molecule has 0 unspecified atom stereocenters. The minimum absolute atomic E-state index is 0.0531. The van der Waals surface area contributed by atoms with Crippen molar-refractivity contribution in [1.29, 1.82) is 0 Å². The molecule has 1 aromatic heterocycles. The van der Waals surface area contributed by atoms with Gasteiger partial charge in [-0.2, -0.15) is 0 Å². The highest BCUT2D eigenvalue weighted by Crippen LogP contribution is 2.12. The Hall–Kier alpha value is -1.46. The molecule has 1 saturated heterocycles. The number of likely N-dealkylation sites (N-methyl/N-ethyl adjacent to an activating group) is 1. The van der Waals surface area contributed by atoms with E-state index in [0.717, 1.165) is 18.8 Å². The molecule has 5 heteroatoms. The van der Waals surface area contributed by atoms with Gasteiger partial charge in [-0.25, -0.2) is 0 Å². The number of hydrogen-bond acceptors (Lipinski definition) is 4. The Kier molecular flexibility index (Phi) is 4.28. The molecule has 0 radical (unpaired) electrons. The third-order valence-corrected chi connectivity index (χ3v) is 3.20.